The van der Waals surface area contributed by atoms with Gasteiger partial charge in [-0.15, -0.1) is 0 Å². The molecule has 2 rings (SSSR count). The van der Waals surface area contributed by atoms with E-state index in [4.69, 9.17) is 0 Å². The van der Waals surface area contributed by atoms with Crippen molar-refractivity contribution >= 4 is 17.3 Å². The Labute approximate surface area is 121 Å². The highest BCUT2D eigenvalue weighted by Crippen LogP contribution is 2.27. The normalized spacial score (nSPS) is 15.0. The number of nitro groups is 1. The predicted molar refractivity (Wildman–Crippen MR) is 76.9 cm³/mol. The van der Waals surface area contributed by atoms with Crippen molar-refractivity contribution < 1.29 is 14.1 Å². The van der Waals surface area contributed by atoms with Gasteiger partial charge in [0, 0.05) is 12.6 Å². The van der Waals surface area contributed by atoms with Crippen LogP contribution in [-0.2, 0) is 0 Å². The monoisotopic (exact) mass is 295 g/mol. The minimum absolute atomic E-state index is 0.0461. The van der Waals surface area contributed by atoms with Crippen molar-refractivity contribution in [3.63, 3.8) is 0 Å². The van der Waals surface area contributed by atoms with Crippen molar-refractivity contribution in [2.24, 2.45) is 0 Å². The van der Waals surface area contributed by atoms with Crippen molar-refractivity contribution in [2.45, 2.75) is 38.6 Å². The molecule has 114 valence electrons. The molecule has 0 spiro atoms. The second-order valence-electron chi connectivity index (χ2n) is 5.09. The Morgan fingerprint density at radius 1 is 1.43 bits per heavy atom. The highest BCUT2D eigenvalue weighted by Gasteiger charge is 2.26. The van der Waals surface area contributed by atoms with Gasteiger partial charge in [0.15, 0.2) is 5.82 Å². The summed E-state index contributed by atoms with van der Waals surface area (Å²) in [5.41, 5.74) is -0.520. The largest absolute Gasteiger partial charge is 0.383 e. The zero-order valence-corrected chi connectivity index (χ0v) is 11.8. The zero-order valence-electron chi connectivity index (χ0n) is 11.8. The molecule has 21 heavy (non-hydrogen) atoms. The summed E-state index contributed by atoms with van der Waals surface area (Å²) in [6, 6.07) is 2.05. The Morgan fingerprint density at radius 2 is 2.10 bits per heavy atom. The van der Waals surface area contributed by atoms with Crippen LogP contribution in [0.3, 0.4) is 0 Å². The van der Waals surface area contributed by atoms with Crippen LogP contribution in [-0.4, -0.2) is 23.4 Å². The lowest BCUT2D eigenvalue weighted by Gasteiger charge is -2.13. The number of carbonyl (C=O) groups is 1. The molecule has 0 bridgehead atoms. The van der Waals surface area contributed by atoms with Gasteiger partial charge in [0.1, 0.15) is 5.56 Å². The maximum absolute atomic E-state index is 13.7. The van der Waals surface area contributed by atoms with Crippen LogP contribution in [0, 0.1) is 15.9 Å². The summed E-state index contributed by atoms with van der Waals surface area (Å²) in [5.74, 6) is -1.26. The molecule has 1 aliphatic rings. The van der Waals surface area contributed by atoms with Crippen LogP contribution in [0.15, 0.2) is 12.1 Å². The van der Waals surface area contributed by atoms with Gasteiger partial charge in [0.25, 0.3) is 11.6 Å². The first kappa shape index (κ1) is 15.2. The molecule has 0 atom stereocenters. The predicted octanol–water partition coefficient (Wildman–Crippen LogP) is 2.84. The summed E-state index contributed by atoms with van der Waals surface area (Å²) in [6.45, 7) is 2.23. The van der Waals surface area contributed by atoms with E-state index in [-0.39, 0.29) is 17.3 Å². The summed E-state index contributed by atoms with van der Waals surface area (Å²) in [6.07, 6.45) is 3.83. The highest BCUT2D eigenvalue weighted by molar-refractivity contribution is 5.99. The lowest BCUT2D eigenvalue weighted by atomic mass is 10.1. The van der Waals surface area contributed by atoms with E-state index in [1.165, 1.54) is 6.07 Å². The molecule has 1 fully saturated rings. The second kappa shape index (κ2) is 6.51. The summed E-state index contributed by atoms with van der Waals surface area (Å²) in [4.78, 5) is 22.5. The molecular formula is C14H18FN3O3. The fraction of sp³-hybridized carbons (Fsp3) is 0.500. The lowest BCUT2D eigenvalue weighted by Crippen LogP contribution is -2.33. The summed E-state index contributed by atoms with van der Waals surface area (Å²) >= 11 is 0. The molecule has 0 aliphatic heterocycles. The molecule has 1 amide bonds. The average Bonchev–Trinajstić information content (AvgIpc) is 2.93. The number of carbonyl (C=O) groups excluding carboxylic acids is 1. The number of hydrogen-bond donors (Lipinski definition) is 2. The van der Waals surface area contributed by atoms with E-state index < -0.39 is 22.3 Å². The third-order valence-corrected chi connectivity index (χ3v) is 3.58. The number of nitrogens with zero attached hydrogens (tertiary/aromatic N) is 1. The molecule has 1 aromatic rings. The fourth-order valence-electron chi connectivity index (χ4n) is 2.55. The van der Waals surface area contributed by atoms with E-state index in [0.29, 0.717) is 6.54 Å². The molecule has 0 aromatic heterocycles. The number of anilines is 1. The average molecular weight is 295 g/mol. The Bertz CT molecular complexity index is 557. The molecule has 0 unspecified atom stereocenters. The van der Waals surface area contributed by atoms with Crippen LogP contribution in [0.1, 0.15) is 43.0 Å². The molecule has 0 saturated heterocycles. The topological polar surface area (TPSA) is 84.3 Å². The smallest absolute Gasteiger partial charge is 0.285 e. The number of benzene rings is 1. The first-order valence-corrected chi connectivity index (χ1v) is 7.05. The van der Waals surface area contributed by atoms with E-state index in [0.717, 1.165) is 31.7 Å². The number of halogens is 1. The summed E-state index contributed by atoms with van der Waals surface area (Å²) < 4.78 is 13.7. The van der Waals surface area contributed by atoms with Gasteiger partial charge in [0.05, 0.1) is 16.7 Å². The lowest BCUT2D eigenvalue weighted by molar-refractivity contribution is -0.385. The van der Waals surface area contributed by atoms with Crippen molar-refractivity contribution in [1.82, 2.24) is 5.32 Å². The van der Waals surface area contributed by atoms with E-state index in [1.807, 2.05) is 0 Å². The van der Waals surface area contributed by atoms with Crippen molar-refractivity contribution in [1.29, 1.82) is 0 Å². The standard InChI is InChI=1S/C14H18FN3O3/c1-2-16-12-7-10(13(18(20)21)8-11(12)15)14(19)17-9-5-3-4-6-9/h7-9,16H,2-6H2,1H3,(H,17,19). The van der Waals surface area contributed by atoms with Crippen molar-refractivity contribution in [2.75, 3.05) is 11.9 Å². The van der Waals surface area contributed by atoms with Crippen LogP contribution >= 0.6 is 0 Å². The van der Waals surface area contributed by atoms with Gasteiger partial charge >= 0.3 is 0 Å². The van der Waals surface area contributed by atoms with E-state index in [1.54, 1.807) is 6.92 Å². The molecule has 1 saturated carbocycles. The Morgan fingerprint density at radius 3 is 2.67 bits per heavy atom. The third-order valence-electron chi connectivity index (χ3n) is 3.58. The number of amides is 1. The van der Waals surface area contributed by atoms with Gasteiger partial charge in [-0.05, 0) is 25.8 Å². The van der Waals surface area contributed by atoms with Gasteiger partial charge < -0.3 is 10.6 Å². The van der Waals surface area contributed by atoms with Gasteiger partial charge in [-0.25, -0.2) is 4.39 Å². The molecule has 0 radical (unpaired) electrons. The van der Waals surface area contributed by atoms with Gasteiger partial charge in [-0.3, -0.25) is 14.9 Å². The van der Waals surface area contributed by atoms with Gasteiger partial charge in [-0.1, -0.05) is 12.8 Å². The van der Waals surface area contributed by atoms with Gasteiger partial charge in [-0.2, -0.15) is 0 Å². The fourth-order valence-corrected chi connectivity index (χ4v) is 2.55. The molecular weight excluding hydrogens is 277 g/mol. The number of hydrogen-bond acceptors (Lipinski definition) is 4. The first-order valence-electron chi connectivity index (χ1n) is 7.05. The van der Waals surface area contributed by atoms with Crippen LogP contribution in [0.2, 0.25) is 0 Å². The second-order valence-corrected chi connectivity index (χ2v) is 5.09. The number of nitro benzene ring substituents is 1. The maximum atomic E-state index is 13.7. The summed E-state index contributed by atoms with van der Waals surface area (Å²) in [5, 5.41) is 16.6. The van der Waals surface area contributed by atoms with Crippen LogP contribution in [0.25, 0.3) is 0 Å². The first-order chi connectivity index (χ1) is 10.0. The van der Waals surface area contributed by atoms with Crippen LogP contribution in [0.5, 0.6) is 0 Å². The zero-order chi connectivity index (χ0) is 15.4. The Kier molecular flexibility index (Phi) is 4.72. The van der Waals surface area contributed by atoms with Crippen molar-refractivity contribution in [3.05, 3.63) is 33.6 Å². The third kappa shape index (κ3) is 3.48. The van der Waals surface area contributed by atoms with E-state index in [2.05, 4.69) is 10.6 Å². The van der Waals surface area contributed by atoms with Gasteiger partial charge in [0.2, 0.25) is 0 Å². The van der Waals surface area contributed by atoms with Crippen LogP contribution < -0.4 is 10.6 Å². The minimum Gasteiger partial charge on any atom is -0.383 e. The molecule has 0 heterocycles. The molecule has 7 heteroatoms. The minimum atomic E-state index is -0.735. The Hall–Kier alpha value is -2.18. The van der Waals surface area contributed by atoms with Crippen LogP contribution in [0.4, 0.5) is 15.8 Å². The van der Waals surface area contributed by atoms with Crippen molar-refractivity contribution in [3.8, 4) is 0 Å². The number of nitrogens with one attached hydrogen (secondary N) is 2. The molecule has 1 aliphatic carbocycles. The molecule has 2 N–H and O–H groups in total. The highest BCUT2D eigenvalue weighted by atomic mass is 19.1. The quantitative estimate of drug-likeness (QED) is 0.646. The SMILES string of the molecule is CCNc1cc(C(=O)NC2CCCC2)c([N+](=O)[O-])cc1F. The summed E-state index contributed by atoms with van der Waals surface area (Å²) in [7, 11) is 0. The maximum Gasteiger partial charge on any atom is 0.285 e. The molecule has 6 nitrogen and oxygen atoms in total. The number of rotatable bonds is 5. The van der Waals surface area contributed by atoms with E-state index in [9.17, 15) is 19.3 Å². The van der Waals surface area contributed by atoms with E-state index >= 15 is 0 Å². The Balaban J connectivity index is 2.31. The molecule has 1 aromatic carbocycles.